The van der Waals surface area contributed by atoms with E-state index in [1.165, 1.54) is 0 Å². The van der Waals surface area contributed by atoms with Crippen molar-refractivity contribution < 1.29 is 0 Å². The molecule has 2 rings (SSSR count). The molecule has 0 aliphatic rings. The van der Waals surface area contributed by atoms with Gasteiger partial charge in [0.1, 0.15) is 11.5 Å². The van der Waals surface area contributed by atoms with Crippen molar-refractivity contribution in [2.24, 2.45) is 0 Å². The number of rotatable bonds is 4. The van der Waals surface area contributed by atoms with Crippen LogP contribution < -0.4 is 5.73 Å². The first kappa shape index (κ1) is 13.3. The lowest BCUT2D eigenvalue weighted by molar-refractivity contribution is 0.663. The van der Waals surface area contributed by atoms with Crippen molar-refractivity contribution in [3.05, 3.63) is 21.5 Å². The lowest BCUT2D eigenvalue weighted by atomic mass is 10.2. The lowest BCUT2D eigenvalue weighted by Crippen LogP contribution is -2.08. The van der Waals surface area contributed by atoms with E-state index in [-0.39, 0.29) is 0 Å². The quantitative estimate of drug-likeness (QED) is 0.854. The van der Waals surface area contributed by atoms with Crippen molar-refractivity contribution in [1.82, 2.24) is 19.7 Å². The van der Waals surface area contributed by atoms with Crippen LogP contribution in [0.5, 0.6) is 0 Å². The van der Waals surface area contributed by atoms with Crippen LogP contribution in [0.1, 0.15) is 26.0 Å². The Bertz CT molecular complexity index is 549. The highest BCUT2D eigenvalue weighted by Gasteiger charge is 2.13. The molecule has 0 unspecified atom stereocenters. The highest BCUT2D eigenvalue weighted by Crippen LogP contribution is 2.22. The molecule has 2 aromatic rings. The monoisotopic (exact) mass is 357 g/mol. The number of nitrogen functional groups attached to an aromatic ring is 1. The van der Waals surface area contributed by atoms with Gasteiger partial charge < -0.3 is 5.73 Å². The van der Waals surface area contributed by atoms with Crippen LogP contribution in [0.2, 0.25) is 0 Å². The average molecular weight is 357 g/mol. The minimum atomic E-state index is 0.549. The fraction of sp³-hybridized carbons (Fsp3) is 0.417. The fourth-order valence-electron chi connectivity index (χ4n) is 1.80. The predicted octanol–water partition coefficient (Wildman–Crippen LogP) is 2.50. The zero-order chi connectivity index (χ0) is 13.1. The Morgan fingerprint density at radius 3 is 2.78 bits per heavy atom. The number of hydrogen-bond donors (Lipinski definition) is 1. The third kappa shape index (κ3) is 2.47. The summed E-state index contributed by atoms with van der Waals surface area (Å²) in [7, 11) is 0. The van der Waals surface area contributed by atoms with Gasteiger partial charge in [-0.3, -0.25) is 4.68 Å². The molecule has 0 atom stereocenters. The lowest BCUT2D eigenvalue weighted by Gasteiger charge is -2.09. The van der Waals surface area contributed by atoms with Gasteiger partial charge in [-0.25, -0.2) is 9.97 Å². The molecule has 5 nitrogen and oxygen atoms in total. The Balaban J connectivity index is 2.52. The van der Waals surface area contributed by atoms with Gasteiger partial charge in [0.2, 0.25) is 0 Å². The van der Waals surface area contributed by atoms with E-state index in [1.54, 1.807) is 6.20 Å². The van der Waals surface area contributed by atoms with Gasteiger partial charge in [-0.2, -0.15) is 5.10 Å². The van der Waals surface area contributed by atoms with Gasteiger partial charge in [-0.15, -0.1) is 0 Å². The second-order valence-electron chi connectivity index (χ2n) is 3.98. The summed E-state index contributed by atoms with van der Waals surface area (Å²) in [6.07, 6.45) is 3.72. The molecule has 2 heterocycles. The number of halogens is 1. The third-order valence-electron chi connectivity index (χ3n) is 2.68. The standard InChI is InChI=1S/C12H16IN5/c1-3-5-8-10(13)11(14)17-12(16-8)9-6-7-15-18(9)4-2/h6-7H,3-5H2,1-2H3,(H2,14,16,17). The van der Waals surface area contributed by atoms with Crippen molar-refractivity contribution in [1.29, 1.82) is 0 Å². The maximum Gasteiger partial charge on any atom is 0.180 e. The molecule has 2 aromatic heterocycles. The average Bonchev–Trinajstić information content (AvgIpc) is 2.83. The Kier molecular flexibility index (Phi) is 4.15. The molecule has 0 saturated carbocycles. The Hall–Kier alpha value is -1.18. The highest BCUT2D eigenvalue weighted by atomic mass is 127. The fourth-order valence-corrected chi connectivity index (χ4v) is 2.32. The van der Waals surface area contributed by atoms with E-state index in [2.05, 4.69) is 44.6 Å². The van der Waals surface area contributed by atoms with Gasteiger partial charge in [0.25, 0.3) is 0 Å². The highest BCUT2D eigenvalue weighted by molar-refractivity contribution is 14.1. The van der Waals surface area contributed by atoms with E-state index in [4.69, 9.17) is 5.73 Å². The number of aryl methyl sites for hydroxylation is 2. The number of anilines is 1. The molecule has 0 spiro atoms. The van der Waals surface area contributed by atoms with Crippen LogP contribution in [0.15, 0.2) is 12.3 Å². The smallest absolute Gasteiger partial charge is 0.180 e. The Labute approximate surface area is 120 Å². The van der Waals surface area contributed by atoms with Crippen LogP contribution in [0, 0.1) is 3.57 Å². The van der Waals surface area contributed by atoms with Gasteiger partial charge in [0.05, 0.1) is 9.26 Å². The van der Waals surface area contributed by atoms with E-state index in [0.29, 0.717) is 11.6 Å². The van der Waals surface area contributed by atoms with Crippen LogP contribution in [-0.4, -0.2) is 19.7 Å². The zero-order valence-corrected chi connectivity index (χ0v) is 12.7. The van der Waals surface area contributed by atoms with Gasteiger partial charge in [-0.05, 0) is 42.0 Å². The SMILES string of the molecule is CCCc1nc(-c2ccnn2CC)nc(N)c1I. The van der Waals surface area contributed by atoms with Crippen LogP contribution in [-0.2, 0) is 13.0 Å². The third-order valence-corrected chi connectivity index (χ3v) is 3.85. The summed E-state index contributed by atoms with van der Waals surface area (Å²) in [4.78, 5) is 8.98. The van der Waals surface area contributed by atoms with Gasteiger partial charge in [-0.1, -0.05) is 13.3 Å². The topological polar surface area (TPSA) is 69.6 Å². The van der Waals surface area contributed by atoms with Crippen LogP contribution in [0.25, 0.3) is 11.5 Å². The molecule has 96 valence electrons. The maximum absolute atomic E-state index is 5.96. The summed E-state index contributed by atoms with van der Waals surface area (Å²) in [6, 6.07) is 1.92. The predicted molar refractivity (Wildman–Crippen MR) is 80.1 cm³/mol. The summed E-state index contributed by atoms with van der Waals surface area (Å²) in [5.41, 5.74) is 7.89. The zero-order valence-electron chi connectivity index (χ0n) is 10.5. The van der Waals surface area contributed by atoms with E-state index >= 15 is 0 Å². The summed E-state index contributed by atoms with van der Waals surface area (Å²) >= 11 is 2.21. The minimum Gasteiger partial charge on any atom is -0.383 e. The van der Waals surface area contributed by atoms with Gasteiger partial charge in [0, 0.05) is 12.7 Å². The summed E-state index contributed by atoms with van der Waals surface area (Å²) in [5.74, 6) is 1.21. The second-order valence-corrected chi connectivity index (χ2v) is 5.05. The molecule has 0 fully saturated rings. The van der Waals surface area contributed by atoms with Gasteiger partial charge >= 0.3 is 0 Å². The molecule has 18 heavy (non-hydrogen) atoms. The number of aromatic nitrogens is 4. The van der Waals surface area contributed by atoms with Crippen molar-refractivity contribution in [3.8, 4) is 11.5 Å². The normalized spacial score (nSPS) is 10.8. The molecule has 0 aliphatic carbocycles. The molecular formula is C12H16IN5. The van der Waals surface area contributed by atoms with E-state index in [9.17, 15) is 0 Å². The van der Waals surface area contributed by atoms with Crippen molar-refractivity contribution in [2.75, 3.05) is 5.73 Å². The Morgan fingerprint density at radius 2 is 2.11 bits per heavy atom. The summed E-state index contributed by atoms with van der Waals surface area (Å²) in [6.45, 7) is 4.96. The molecule has 0 aromatic carbocycles. The number of nitrogens with two attached hydrogens (primary N) is 1. The van der Waals surface area contributed by atoms with Crippen molar-refractivity contribution in [2.45, 2.75) is 33.2 Å². The largest absolute Gasteiger partial charge is 0.383 e. The van der Waals surface area contributed by atoms with Crippen LogP contribution in [0.4, 0.5) is 5.82 Å². The first-order valence-corrected chi connectivity index (χ1v) is 7.09. The van der Waals surface area contributed by atoms with E-state index in [1.807, 2.05) is 17.7 Å². The molecule has 2 N–H and O–H groups in total. The maximum atomic E-state index is 5.96. The van der Waals surface area contributed by atoms with Crippen molar-refractivity contribution >= 4 is 28.4 Å². The van der Waals surface area contributed by atoms with Gasteiger partial charge in [0.15, 0.2) is 5.82 Å². The molecule has 0 amide bonds. The first-order chi connectivity index (χ1) is 8.67. The van der Waals surface area contributed by atoms with Crippen molar-refractivity contribution in [3.63, 3.8) is 0 Å². The number of hydrogen-bond acceptors (Lipinski definition) is 4. The second kappa shape index (κ2) is 5.64. The molecule has 0 radical (unpaired) electrons. The summed E-state index contributed by atoms with van der Waals surface area (Å²) < 4.78 is 2.83. The van der Waals surface area contributed by atoms with Crippen LogP contribution in [0.3, 0.4) is 0 Å². The van der Waals surface area contributed by atoms with E-state index in [0.717, 1.165) is 34.3 Å². The number of nitrogens with zero attached hydrogens (tertiary/aromatic N) is 4. The minimum absolute atomic E-state index is 0.549. The molecular weight excluding hydrogens is 341 g/mol. The summed E-state index contributed by atoms with van der Waals surface area (Å²) in [5, 5.41) is 4.23. The molecule has 0 bridgehead atoms. The molecule has 0 aliphatic heterocycles. The van der Waals surface area contributed by atoms with Crippen LogP contribution >= 0.6 is 22.6 Å². The molecule has 0 saturated heterocycles. The first-order valence-electron chi connectivity index (χ1n) is 6.01. The Morgan fingerprint density at radius 1 is 1.33 bits per heavy atom. The molecule has 6 heteroatoms. The van der Waals surface area contributed by atoms with E-state index < -0.39 is 0 Å².